The Hall–Kier alpha value is 0.300. The van der Waals surface area contributed by atoms with E-state index in [4.69, 9.17) is 34.8 Å². The van der Waals surface area contributed by atoms with Crippen LogP contribution in [0.5, 0.6) is 0 Å². The van der Waals surface area contributed by atoms with Gasteiger partial charge in [0.15, 0.2) is 3.79 Å². The van der Waals surface area contributed by atoms with Crippen LogP contribution in [0.2, 0.25) is 0 Å². The van der Waals surface area contributed by atoms with E-state index < -0.39 is 3.79 Å². The maximum atomic E-state index is 11.2. The van der Waals surface area contributed by atoms with Gasteiger partial charge in [0.25, 0.3) is 0 Å². The van der Waals surface area contributed by atoms with Gasteiger partial charge in [0.1, 0.15) is 0 Å². The third-order valence-corrected chi connectivity index (χ3v) is 3.04. The fourth-order valence-corrected chi connectivity index (χ4v) is 1.93. The van der Waals surface area contributed by atoms with Crippen LogP contribution >= 0.6 is 46.1 Å². The highest BCUT2D eigenvalue weighted by molar-refractivity contribution is 7.07. The van der Waals surface area contributed by atoms with Crippen molar-refractivity contribution >= 4 is 46.1 Å². The molecule has 0 amide bonds. The largest absolute Gasteiger partial charge is 0.307 e. The zero-order valence-corrected chi connectivity index (χ0v) is 9.97. The molecule has 0 saturated carbocycles. The van der Waals surface area contributed by atoms with Crippen LogP contribution in [0.25, 0.3) is 0 Å². The van der Waals surface area contributed by atoms with E-state index in [0.717, 1.165) is 17.0 Å². The molecule has 0 atom stereocenters. The molecule has 0 N–H and O–H groups in total. The fraction of sp³-hybridized carbons (Fsp3) is 0.571. The van der Waals surface area contributed by atoms with Gasteiger partial charge in [-0.25, -0.2) is 0 Å². The van der Waals surface area contributed by atoms with Gasteiger partial charge in [-0.05, 0) is 6.92 Å². The SMILES string of the molecule is Cc1csc(=O)n1CCC(Cl)(Cl)Cl. The van der Waals surface area contributed by atoms with E-state index in [2.05, 4.69) is 0 Å². The van der Waals surface area contributed by atoms with Gasteiger partial charge in [0.2, 0.25) is 0 Å². The van der Waals surface area contributed by atoms with Gasteiger partial charge in [-0.2, -0.15) is 0 Å². The number of halogens is 3. The summed E-state index contributed by atoms with van der Waals surface area (Å²) in [6.45, 7) is 2.31. The molecule has 0 aliphatic carbocycles. The van der Waals surface area contributed by atoms with E-state index in [0.29, 0.717) is 13.0 Å². The van der Waals surface area contributed by atoms with Crippen molar-refractivity contribution in [3.63, 3.8) is 0 Å². The normalized spacial score (nSPS) is 12.0. The van der Waals surface area contributed by atoms with Crippen LogP contribution in [0.1, 0.15) is 12.1 Å². The molecule has 0 fully saturated rings. The average molecular weight is 261 g/mol. The summed E-state index contributed by atoms with van der Waals surface area (Å²) >= 11 is 17.9. The van der Waals surface area contributed by atoms with E-state index in [-0.39, 0.29) is 4.87 Å². The fourth-order valence-electron chi connectivity index (χ4n) is 0.913. The average Bonchev–Trinajstić information content (AvgIpc) is 2.27. The molecule has 13 heavy (non-hydrogen) atoms. The molecule has 2 nitrogen and oxygen atoms in total. The molecule has 0 spiro atoms. The first-order valence-electron chi connectivity index (χ1n) is 3.62. The summed E-state index contributed by atoms with van der Waals surface area (Å²) in [4.78, 5) is 11.2. The van der Waals surface area contributed by atoms with Crippen molar-refractivity contribution < 1.29 is 0 Å². The number of nitrogens with zero attached hydrogens (tertiary/aromatic N) is 1. The van der Waals surface area contributed by atoms with Gasteiger partial charge in [0, 0.05) is 24.0 Å². The first-order valence-corrected chi connectivity index (χ1v) is 5.63. The molecule has 0 aliphatic rings. The van der Waals surface area contributed by atoms with E-state index in [1.54, 1.807) is 9.95 Å². The summed E-state index contributed by atoms with van der Waals surface area (Å²) in [5, 5.41) is 1.79. The number of rotatable bonds is 2. The van der Waals surface area contributed by atoms with Crippen molar-refractivity contribution in [2.24, 2.45) is 0 Å². The molecule has 0 unspecified atom stereocenters. The number of thiazole rings is 1. The Labute approximate surface area is 95.0 Å². The van der Waals surface area contributed by atoms with Crippen molar-refractivity contribution in [1.29, 1.82) is 0 Å². The van der Waals surface area contributed by atoms with Gasteiger partial charge in [-0.3, -0.25) is 4.79 Å². The molecule has 0 aliphatic heterocycles. The summed E-state index contributed by atoms with van der Waals surface area (Å²) in [7, 11) is 0. The molecule has 1 rings (SSSR count). The number of alkyl halides is 3. The topological polar surface area (TPSA) is 22.0 Å². The van der Waals surface area contributed by atoms with Crippen molar-refractivity contribution in [2.75, 3.05) is 0 Å². The van der Waals surface area contributed by atoms with E-state index in [1.807, 2.05) is 6.92 Å². The Balaban J connectivity index is 2.70. The first kappa shape index (κ1) is 11.4. The standard InChI is InChI=1S/C7H8Cl3NOS/c1-5-4-13-6(12)11(5)3-2-7(8,9)10/h4H,2-3H2,1H3. The smallest absolute Gasteiger partial charge is 0.303 e. The Morgan fingerprint density at radius 1 is 1.54 bits per heavy atom. The van der Waals surface area contributed by atoms with Crippen molar-refractivity contribution in [3.05, 3.63) is 20.7 Å². The highest BCUT2D eigenvalue weighted by atomic mass is 35.6. The van der Waals surface area contributed by atoms with Crippen molar-refractivity contribution in [3.8, 4) is 0 Å². The number of aryl methyl sites for hydroxylation is 1. The zero-order valence-electron chi connectivity index (χ0n) is 6.89. The van der Waals surface area contributed by atoms with Crippen LogP contribution in [-0.2, 0) is 6.54 Å². The van der Waals surface area contributed by atoms with Gasteiger partial charge in [-0.15, -0.1) is 0 Å². The zero-order chi connectivity index (χ0) is 10.1. The second-order valence-electron chi connectivity index (χ2n) is 2.66. The Morgan fingerprint density at radius 2 is 2.15 bits per heavy atom. The molecule has 0 radical (unpaired) electrons. The Morgan fingerprint density at radius 3 is 2.54 bits per heavy atom. The van der Waals surface area contributed by atoms with Crippen LogP contribution < -0.4 is 4.87 Å². The summed E-state index contributed by atoms with van der Waals surface area (Å²) < 4.78 is 0.320. The van der Waals surface area contributed by atoms with Crippen LogP contribution in [-0.4, -0.2) is 8.36 Å². The van der Waals surface area contributed by atoms with Gasteiger partial charge in [-0.1, -0.05) is 46.1 Å². The molecule has 1 aromatic heterocycles. The molecule has 1 heterocycles. The second-order valence-corrected chi connectivity index (χ2v) is 6.00. The van der Waals surface area contributed by atoms with E-state index >= 15 is 0 Å². The number of hydrogen-bond acceptors (Lipinski definition) is 2. The molecular weight excluding hydrogens is 253 g/mol. The minimum absolute atomic E-state index is 0.00764. The van der Waals surface area contributed by atoms with E-state index in [1.165, 1.54) is 0 Å². The summed E-state index contributed by atoms with van der Waals surface area (Å²) in [5.74, 6) is 0. The van der Waals surface area contributed by atoms with Crippen molar-refractivity contribution in [2.45, 2.75) is 23.7 Å². The van der Waals surface area contributed by atoms with Gasteiger partial charge >= 0.3 is 4.87 Å². The quantitative estimate of drug-likeness (QED) is 0.749. The van der Waals surface area contributed by atoms with Gasteiger partial charge < -0.3 is 4.57 Å². The van der Waals surface area contributed by atoms with Crippen LogP contribution in [0.15, 0.2) is 10.2 Å². The highest BCUT2D eigenvalue weighted by Gasteiger charge is 2.19. The maximum Gasteiger partial charge on any atom is 0.307 e. The lowest BCUT2D eigenvalue weighted by atomic mass is 10.4. The monoisotopic (exact) mass is 259 g/mol. The molecular formula is C7H8Cl3NOS. The van der Waals surface area contributed by atoms with Crippen LogP contribution in [0, 0.1) is 6.92 Å². The van der Waals surface area contributed by atoms with Gasteiger partial charge in [0.05, 0.1) is 0 Å². The van der Waals surface area contributed by atoms with Crippen LogP contribution in [0.4, 0.5) is 0 Å². The number of hydrogen-bond donors (Lipinski definition) is 0. The maximum absolute atomic E-state index is 11.2. The third kappa shape index (κ3) is 3.50. The summed E-state index contributed by atoms with van der Waals surface area (Å²) in [6, 6.07) is 0. The summed E-state index contributed by atoms with van der Waals surface area (Å²) in [6.07, 6.45) is 0.342. The lowest BCUT2D eigenvalue weighted by Crippen LogP contribution is -2.18. The molecule has 0 bridgehead atoms. The highest BCUT2D eigenvalue weighted by Crippen LogP contribution is 2.30. The van der Waals surface area contributed by atoms with Crippen molar-refractivity contribution in [1.82, 2.24) is 4.57 Å². The van der Waals surface area contributed by atoms with E-state index in [9.17, 15) is 4.79 Å². The lowest BCUT2D eigenvalue weighted by molar-refractivity contribution is 0.629. The number of aromatic nitrogens is 1. The summed E-state index contributed by atoms with van der Waals surface area (Å²) in [5.41, 5.74) is 0.907. The molecule has 6 heteroatoms. The Kier molecular flexibility index (Phi) is 3.69. The lowest BCUT2D eigenvalue weighted by Gasteiger charge is -2.10. The minimum Gasteiger partial charge on any atom is -0.303 e. The molecule has 74 valence electrons. The predicted molar refractivity (Wildman–Crippen MR) is 58.2 cm³/mol. The minimum atomic E-state index is -1.28. The second kappa shape index (κ2) is 4.22. The van der Waals surface area contributed by atoms with Crippen LogP contribution in [0.3, 0.4) is 0 Å². The molecule has 0 aromatic carbocycles. The Bertz CT molecular complexity index is 338. The molecule has 0 saturated heterocycles. The predicted octanol–water partition coefficient (Wildman–Crippen LogP) is 2.98. The molecule has 1 aromatic rings. The first-order chi connectivity index (χ1) is 5.90. The third-order valence-electron chi connectivity index (χ3n) is 1.60.